The first-order valence-corrected chi connectivity index (χ1v) is 10.2. The summed E-state index contributed by atoms with van der Waals surface area (Å²) >= 11 is 2.97. The van der Waals surface area contributed by atoms with Crippen molar-refractivity contribution in [2.75, 3.05) is 6.54 Å². The fourth-order valence-electron chi connectivity index (χ4n) is 3.26. The molecule has 0 aliphatic heterocycles. The summed E-state index contributed by atoms with van der Waals surface area (Å²) in [5, 5.41) is 20.0. The van der Waals surface area contributed by atoms with Crippen molar-refractivity contribution in [1.29, 1.82) is 0 Å². The van der Waals surface area contributed by atoms with Crippen LogP contribution in [0.5, 0.6) is 0 Å². The van der Waals surface area contributed by atoms with Crippen LogP contribution in [0, 0.1) is 5.82 Å². The minimum absolute atomic E-state index is 0.103. The highest BCUT2D eigenvalue weighted by molar-refractivity contribution is 7.10. The predicted molar refractivity (Wildman–Crippen MR) is 102 cm³/mol. The Kier molecular flexibility index (Phi) is 4.42. The second-order valence-corrected chi connectivity index (χ2v) is 8.35. The zero-order valence-corrected chi connectivity index (χ0v) is 15.6. The van der Waals surface area contributed by atoms with Gasteiger partial charge in [-0.3, -0.25) is 4.79 Å². The van der Waals surface area contributed by atoms with Crippen LogP contribution in [0.15, 0.2) is 58.6 Å². The van der Waals surface area contributed by atoms with Crippen LogP contribution in [-0.4, -0.2) is 17.6 Å². The number of nitrogens with one attached hydrogen (secondary N) is 1. The van der Waals surface area contributed by atoms with E-state index in [2.05, 4.69) is 5.32 Å². The first kappa shape index (κ1) is 17.4. The molecular formula is C20H18FNO2S2. The zero-order chi connectivity index (χ0) is 18.2. The molecule has 1 aliphatic rings. The van der Waals surface area contributed by atoms with E-state index in [0.29, 0.717) is 0 Å². The Morgan fingerprint density at radius 2 is 1.96 bits per heavy atom. The fraction of sp³-hybridized carbons (Fsp3) is 0.250. The monoisotopic (exact) mass is 387 g/mol. The van der Waals surface area contributed by atoms with E-state index < -0.39 is 11.0 Å². The quantitative estimate of drug-likeness (QED) is 0.671. The maximum atomic E-state index is 13.2. The number of carbonyl (C=O) groups is 1. The van der Waals surface area contributed by atoms with Crippen molar-refractivity contribution in [3.8, 4) is 0 Å². The van der Waals surface area contributed by atoms with Crippen molar-refractivity contribution in [2.24, 2.45) is 0 Å². The molecule has 1 atom stereocenters. The fourth-order valence-corrected chi connectivity index (χ4v) is 4.83. The van der Waals surface area contributed by atoms with E-state index in [1.165, 1.54) is 34.8 Å². The van der Waals surface area contributed by atoms with Crippen molar-refractivity contribution in [3.05, 3.63) is 80.4 Å². The lowest BCUT2D eigenvalue weighted by Gasteiger charge is -2.28. The van der Waals surface area contributed by atoms with Gasteiger partial charge in [0.25, 0.3) is 0 Å². The van der Waals surface area contributed by atoms with Gasteiger partial charge in [0.15, 0.2) is 0 Å². The smallest absolute Gasteiger partial charge is 0.230 e. The molecule has 0 spiro atoms. The molecule has 1 unspecified atom stereocenters. The normalized spacial score (nSPS) is 17.5. The average Bonchev–Trinajstić information content (AvgIpc) is 3.08. The molecule has 1 amide bonds. The molecule has 1 saturated carbocycles. The summed E-state index contributed by atoms with van der Waals surface area (Å²) in [6.45, 7) is 0.103. The molecule has 2 N–H and O–H groups in total. The molecule has 26 heavy (non-hydrogen) atoms. The number of aliphatic hydroxyl groups is 1. The van der Waals surface area contributed by atoms with Gasteiger partial charge in [-0.15, -0.1) is 11.3 Å². The van der Waals surface area contributed by atoms with E-state index in [0.717, 1.165) is 28.8 Å². The zero-order valence-electron chi connectivity index (χ0n) is 13.9. The van der Waals surface area contributed by atoms with Crippen LogP contribution in [-0.2, 0) is 15.8 Å². The SMILES string of the molecule is O=C(NCC(O)(c1ccsc1)c1cccs1)C1(c2ccc(F)cc2)CC1. The standard InChI is InChI=1S/C20H18FNO2S2/c21-16-5-3-14(4-6-16)19(8-9-19)18(23)22-13-20(24,15-7-11-25-12-15)17-2-1-10-26-17/h1-7,10-12,24H,8-9,13H2,(H,22,23). The predicted octanol–water partition coefficient (Wildman–Crippen LogP) is 4.03. The molecule has 3 nitrogen and oxygen atoms in total. The Hall–Kier alpha value is -2.02. The van der Waals surface area contributed by atoms with Crippen molar-refractivity contribution in [2.45, 2.75) is 23.9 Å². The van der Waals surface area contributed by atoms with Gasteiger partial charge in [-0.05, 0) is 58.8 Å². The third-order valence-electron chi connectivity index (χ3n) is 5.01. The molecule has 2 heterocycles. The summed E-state index contributed by atoms with van der Waals surface area (Å²) in [6.07, 6.45) is 1.47. The van der Waals surface area contributed by atoms with E-state index in [4.69, 9.17) is 0 Å². The van der Waals surface area contributed by atoms with E-state index in [-0.39, 0.29) is 18.3 Å². The van der Waals surface area contributed by atoms with Gasteiger partial charge in [-0.1, -0.05) is 18.2 Å². The molecular weight excluding hydrogens is 369 g/mol. The highest BCUT2D eigenvalue weighted by Gasteiger charge is 2.51. The second kappa shape index (κ2) is 6.61. The molecule has 1 aliphatic carbocycles. The van der Waals surface area contributed by atoms with E-state index in [1.807, 2.05) is 34.3 Å². The molecule has 6 heteroatoms. The van der Waals surface area contributed by atoms with E-state index in [1.54, 1.807) is 12.1 Å². The summed E-state index contributed by atoms with van der Waals surface area (Å²) in [4.78, 5) is 13.7. The number of benzene rings is 1. The Morgan fingerprint density at radius 3 is 2.54 bits per heavy atom. The third kappa shape index (κ3) is 2.98. The topological polar surface area (TPSA) is 49.3 Å². The minimum atomic E-state index is -1.25. The summed E-state index contributed by atoms with van der Waals surface area (Å²) in [6, 6.07) is 11.8. The number of amides is 1. The van der Waals surface area contributed by atoms with Crippen LogP contribution in [0.1, 0.15) is 28.8 Å². The molecule has 0 radical (unpaired) electrons. The molecule has 2 aromatic heterocycles. The van der Waals surface area contributed by atoms with Gasteiger partial charge >= 0.3 is 0 Å². The van der Waals surface area contributed by atoms with Gasteiger partial charge in [0.1, 0.15) is 11.4 Å². The minimum Gasteiger partial charge on any atom is -0.378 e. The van der Waals surface area contributed by atoms with Gasteiger partial charge in [0, 0.05) is 10.4 Å². The first-order chi connectivity index (χ1) is 12.5. The number of hydrogen-bond acceptors (Lipinski definition) is 4. The molecule has 3 aromatic rings. The lowest BCUT2D eigenvalue weighted by molar-refractivity contribution is -0.124. The summed E-state index contributed by atoms with van der Waals surface area (Å²) in [7, 11) is 0. The van der Waals surface area contributed by atoms with Crippen LogP contribution in [0.4, 0.5) is 4.39 Å². The van der Waals surface area contributed by atoms with Crippen molar-refractivity contribution in [1.82, 2.24) is 5.32 Å². The Morgan fingerprint density at radius 1 is 1.19 bits per heavy atom. The maximum Gasteiger partial charge on any atom is 0.230 e. The number of hydrogen-bond donors (Lipinski definition) is 2. The molecule has 1 fully saturated rings. The van der Waals surface area contributed by atoms with Crippen LogP contribution < -0.4 is 5.32 Å². The summed E-state index contributed by atoms with van der Waals surface area (Å²) in [5.41, 5.74) is -0.245. The van der Waals surface area contributed by atoms with Crippen molar-refractivity contribution >= 4 is 28.6 Å². The van der Waals surface area contributed by atoms with Gasteiger partial charge in [-0.2, -0.15) is 11.3 Å². The van der Waals surface area contributed by atoms with Crippen LogP contribution in [0.2, 0.25) is 0 Å². The Bertz CT molecular complexity index is 850. The van der Waals surface area contributed by atoms with E-state index >= 15 is 0 Å². The molecule has 1 aromatic carbocycles. The third-order valence-corrected chi connectivity index (χ3v) is 6.72. The molecule has 0 bridgehead atoms. The number of carbonyl (C=O) groups excluding carboxylic acids is 1. The van der Waals surface area contributed by atoms with Crippen LogP contribution in [0.3, 0.4) is 0 Å². The maximum absolute atomic E-state index is 13.2. The van der Waals surface area contributed by atoms with Crippen molar-refractivity contribution in [3.63, 3.8) is 0 Å². The van der Waals surface area contributed by atoms with Gasteiger partial charge in [-0.25, -0.2) is 4.39 Å². The molecule has 134 valence electrons. The summed E-state index contributed by atoms with van der Waals surface area (Å²) < 4.78 is 13.2. The number of rotatable bonds is 6. The average molecular weight is 388 g/mol. The number of halogens is 1. The van der Waals surface area contributed by atoms with Crippen LogP contribution in [0.25, 0.3) is 0 Å². The number of thiophene rings is 2. The Labute approximate surface area is 159 Å². The van der Waals surface area contributed by atoms with Gasteiger partial charge < -0.3 is 10.4 Å². The van der Waals surface area contributed by atoms with E-state index in [9.17, 15) is 14.3 Å². The highest BCUT2D eigenvalue weighted by atomic mass is 32.1. The molecule has 0 saturated heterocycles. The van der Waals surface area contributed by atoms with Gasteiger partial charge in [0.05, 0.1) is 12.0 Å². The lowest BCUT2D eigenvalue weighted by atomic mass is 9.92. The van der Waals surface area contributed by atoms with Crippen molar-refractivity contribution < 1.29 is 14.3 Å². The lowest BCUT2D eigenvalue weighted by Crippen LogP contribution is -2.44. The summed E-state index contributed by atoms with van der Waals surface area (Å²) in [5.74, 6) is -0.427. The van der Waals surface area contributed by atoms with Gasteiger partial charge in [0.2, 0.25) is 5.91 Å². The second-order valence-electron chi connectivity index (χ2n) is 6.62. The highest BCUT2D eigenvalue weighted by Crippen LogP contribution is 2.48. The Balaban J connectivity index is 1.55. The first-order valence-electron chi connectivity index (χ1n) is 8.38. The van der Waals surface area contributed by atoms with Crippen LogP contribution >= 0.6 is 22.7 Å². The molecule has 4 rings (SSSR count). The largest absolute Gasteiger partial charge is 0.378 e.